The number of amides is 1. The molecule has 8 nitrogen and oxygen atoms in total. The summed E-state index contributed by atoms with van der Waals surface area (Å²) in [5.74, 6) is 0.718. The summed E-state index contributed by atoms with van der Waals surface area (Å²) in [6, 6.07) is 12.4. The summed E-state index contributed by atoms with van der Waals surface area (Å²) < 4.78 is 35.6. The topological polar surface area (TPSA) is 89.0 Å². The number of anilines is 1. The number of morpholine rings is 1. The molecule has 35 heavy (non-hydrogen) atoms. The number of ether oxygens (including phenoxy) is 2. The van der Waals surface area contributed by atoms with E-state index in [1.165, 1.54) is 17.6 Å². The molecule has 11 heteroatoms. The van der Waals surface area contributed by atoms with Gasteiger partial charge in [0, 0.05) is 32.4 Å². The molecule has 1 aromatic heterocycles. The van der Waals surface area contributed by atoms with Crippen molar-refractivity contribution < 1.29 is 22.7 Å². The molecular weight excluding hydrogens is 510 g/mol. The summed E-state index contributed by atoms with van der Waals surface area (Å²) in [5, 5.41) is 0.574. The van der Waals surface area contributed by atoms with Gasteiger partial charge in [-0.05, 0) is 42.8 Å². The zero-order valence-electron chi connectivity index (χ0n) is 19.8. The highest BCUT2D eigenvalue weighted by molar-refractivity contribution is 7.90. The molecule has 0 aliphatic carbocycles. The van der Waals surface area contributed by atoms with E-state index in [2.05, 4.69) is 9.88 Å². The molecule has 0 N–H and O–H groups in total. The van der Waals surface area contributed by atoms with E-state index in [1.807, 2.05) is 31.2 Å². The van der Waals surface area contributed by atoms with Crippen molar-refractivity contribution in [3.05, 3.63) is 48.0 Å². The van der Waals surface area contributed by atoms with Crippen LogP contribution in [-0.2, 0) is 25.8 Å². The molecule has 0 spiro atoms. The van der Waals surface area contributed by atoms with Crippen LogP contribution < -0.4 is 9.64 Å². The Bertz CT molecular complexity index is 1240. The van der Waals surface area contributed by atoms with Crippen LogP contribution in [0, 0.1) is 0 Å². The van der Waals surface area contributed by atoms with Gasteiger partial charge in [0.05, 0.1) is 41.4 Å². The standard InChI is InChI=1S/C24H29N3O5S2.ClH/c1-3-32-19-6-4-18(5-7-19)16-23(28)27(11-10-26-12-14-31-15-13-26)24-25-21-9-8-20(34(2,29)30)17-22(21)33-24;/h4-9,17H,3,10-16H2,1-2H3;1H. The first-order valence-electron chi connectivity index (χ1n) is 11.3. The van der Waals surface area contributed by atoms with Crippen LogP contribution in [0.15, 0.2) is 47.4 Å². The SMILES string of the molecule is CCOc1ccc(CC(=O)N(CCN2CCOCC2)c2nc3ccc(S(C)(=O)=O)cc3s2)cc1.Cl. The Balaban J connectivity index is 0.00000342. The first-order chi connectivity index (χ1) is 16.3. The third-order valence-electron chi connectivity index (χ3n) is 5.64. The second kappa shape index (κ2) is 12.1. The fourth-order valence-corrected chi connectivity index (χ4v) is 5.54. The molecule has 4 rings (SSSR count). The molecule has 1 aliphatic heterocycles. The van der Waals surface area contributed by atoms with Gasteiger partial charge in [0.25, 0.3) is 0 Å². The van der Waals surface area contributed by atoms with Crippen molar-refractivity contribution in [2.75, 3.05) is 57.2 Å². The predicted molar refractivity (Wildman–Crippen MR) is 141 cm³/mol. The quantitative estimate of drug-likeness (QED) is 0.411. The van der Waals surface area contributed by atoms with Crippen molar-refractivity contribution in [2.24, 2.45) is 0 Å². The lowest BCUT2D eigenvalue weighted by molar-refractivity contribution is -0.118. The van der Waals surface area contributed by atoms with Crippen molar-refractivity contribution in [1.82, 2.24) is 9.88 Å². The van der Waals surface area contributed by atoms with Crippen molar-refractivity contribution in [3.8, 4) is 5.75 Å². The van der Waals surface area contributed by atoms with Gasteiger partial charge in [0.15, 0.2) is 15.0 Å². The highest BCUT2D eigenvalue weighted by atomic mass is 35.5. The number of benzene rings is 2. The Morgan fingerprint density at radius 3 is 2.54 bits per heavy atom. The van der Waals surface area contributed by atoms with E-state index in [9.17, 15) is 13.2 Å². The van der Waals surface area contributed by atoms with Crippen LogP contribution >= 0.6 is 23.7 Å². The van der Waals surface area contributed by atoms with E-state index >= 15 is 0 Å². The maximum absolute atomic E-state index is 13.4. The van der Waals surface area contributed by atoms with E-state index in [-0.39, 0.29) is 29.6 Å². The molecule has 0 radical (unpaired) electrons. The smallest absolute Gasteiger partial charge is 0.233 e. The number of thiazole rings is 1. The number of aromatic nitrogens is 1. The van der Waals surface area contributed by atoms with E-state index in [1.54, 1.807) is 23.1 Å². The Labute approximate surface area is 216 Å². The number of hydrogen-bond acceptors (Lipinski definition) is 8. The van der Waals surface area contributed by atoms with Gasteiger partial charge < -0.3 is 9.47 Å². The van der Waals surface area contributed by atoms with Crippen molar-refractivity contribution >= 4 is 54.8 Å². The van der Waals surface area contributed by atoms with Crippen LogP contribution in [0.4, 0.5) is 5.13 Å². The number of halogens is 1. The highest BCUT2D eigenvalue weighted by Gasteiger charge is 2.22. The maximum Gasteiger partial charge on any atom is 0.233 e. The lowest BCUT2D eigenvalue weighted by Gasteiger charge is -2.29. The Hall–Kier alpha value is -2.24. The molecule has 0 saturated carbocycles. The molecule has 0 unspecified atom stereocenters. The number of carbonyl (C=O) groups excluding carboxylic acids is 1. The average molecular weight is 540 g/mol. The van der Waals surface area contributed by atoms with Gasteiger partial charge in [-0.1, -0.05) is 23.5 Å². The fraction of sp³-hybridized carbons (Fsp3) is 0.417. The monoisotopic (exact) mass is 539 g/mol. The van der Waals surface area contributed by atoms with E-state index in [0.717, 1.165) is 29.1 Å². The normalized spacial score (nSPS) is 14.5. The molecule has 190 valence electrons. The minimum Gasteiger partial charge on any atom is -0.494 e. The van der Waals surface area contributed by atoms with Crippen LogP contribution in [0.3, 0.4) is 0 Å². The van der Waals surface area contributed by atoms with Gasteiger partial charge in [0.2, 0.25) is 5.91 Å². The molecule has 2 aromatic carbocycles. The first kappa shape index (κ1) is 27.3. The van der Waals surface area contributed by atoms with Gasteiger partial charge in [0.1, 0.15) is 5.75 Å². The Morgan fingerprint density at radius 2 is 1.89 bits per heavy atom. The Kier molecular flexibility index (Phi) is 9.48. The second-order valence-electron chi connectivity index (χ2n) is 8.15. The highest BCUT2D eigenvalue weighted by Crippen LogP contribution is 2.31. The van der Waals surface area contributed by atoms with Crippen LogP contribution in [0.2, 0.25) is 0 Å². The predicted octanol–water partition coefficient (Wildman–Crippen LogP) is 3.43. The third-order valence-corrected chi connectivity index (χ3v) is 7.79. The van der Waals surface area contributed by atoms with Gasteiger partial charge >= 0.3 is 0 Å². The lowest BCUT2D eigenvalue weighted by Crippen LogP contribution is -2.43. The number of sulfone groups is 1. The molecular formula is C24H30ClN3O5S2. The molecule has 2 heterocycles. The zero-order valence-corrected chi connectivity index (χ0v) is 22.3. The van der Waals surface area contributed by atoms with Gasteiger partial charge in [-0.15, -0.1) is 12.4 Å². The van der Waals surface area contributed by atoms with Gasteiger partial charge in [-0.2, -0.15) is 0 Å². The van der Waals surface area contributed by atoms with Gasteiger partial charge in [-0.3, -0.25) is 14.6 Å². The third kappa shape index (κ3) is 7.14. The molecule has 3 aromatic rings. The molecule has 0 atom stereocenters. The minimum atomic E-state index is -3.33. The lowest BCUT2D eigenvalue weighted by atomic mass is 10.1. The van der Waals surface area contributed by atoms with Crippen LogP contribution in [0.1, 0.15) is 12.5 Å². The number of hydrogen-bond donors (Lipinski definition) is 0. The molecule has 1 amide bonds. The second-order valence-corrected chi connectivity index (χ2v) is 11.2. The van der Waals surface area contributed by atoms with Crippen molar-refractivity contribution in [1.29, 1.82) is 0 Å². The van der Waals surface area contributed by atoms with Crippen LogP contribution in [0.5, 0.6) is 5.75 Å². The zero-order chi connectivity index (χ0) is 24.1. The number of carbonyl (C=O) groups is 1. The summed E-state index contributed by atoms with van der Waals surface area (Å²) in [5.41, 5.74) is 1.57. The van der Waals surface area contributed by atoms with Crippen LogP contribution in [-0.4, -0.2) is 76.5 Å². The van der Waals surface area contributed by atoms with Crippen molar-refractivity contribution in [3.63, 3.8) is 0 Å². The summed E-state index contributed by atoms with van der Waals surface area (Å²) in [7, 11) is -3.33. The summed E-state index contributed by atoms with van der Waals surface area (Å²) in [4.78, 5) is 22.3. The molecule has 1 aliphatic rings. The maximum atomic E-state index is 13.4. The number of nitrogens with zero attached hydrogens (tertiary/aromatic N) is 3. The van der Waals surface area contributed by atoms with Crippen molar-refractivity contribution in [2.45, 2.75) is 18.2 Å². The average Bonchev–Trinajstić information content (AvgIpc) is 3.24. The Morgan fingerprint density at radius 1 is 1.17 bits per heavy atom. The summed E-state index contributed by atoms with van der Waals surface area (Å²) >= 11 is 1.34. The number of fused-ring (bicyclic) bond motifs is 1. The van der Waals surface area contributed by atoms with E-state index in [0.29, 0.717) is 43.6 Å². The summed E-state index contributed by atoms with van der Waals surface area (Å²) in [6.45, 7) is 6.77. The largest absolute Gasteiger partial charge is 0.494 e. The van der Waals surface area contributed by atoms with Crippen LogP contribution in [0.25, 0.3) is 10.2 Å². The first-order valence-corrected chi connectivity index (χ1v) is 14.0. The summed E-state index contributed by atoms with van der Waals surface area (Å²) in [6.07, 6.45) is 1.42. The van der Waals surface area contributed by atoms with E-state index in [4.69, 9.17) is 9.47 Å². The molecule has 1 saturated heterocycles. The number of rotatable bonds is 9. The van der Waals surface area contributed by atoms with Gasteiger partial charge in [-0.25, -0.2) is 13.4 Å². The minimum absolute atomic E-state index is 0. The van der Waals surface area contributed by atoms with E-state index < -0.39 is 9.84 Å². The molecule has 0 bridgehead atoms. The fourth-order valence-electron chi connectivity index (χ4n) is 3.77. The molecule has 1 fully saturated rings.